The Bertz CT molecular complexity index is 942. The van der Waals surface area contributed by atoms with Crippen LogP contribution in [0, 0.1) is 6.92 Å². The Morgan fingerprint density at radius 2 is 1.64 bits per heavy atom. The molecule has 0 unspecified atom stereocenters. The average molecular weight is 286 g/mol. The van der Waals surface area contributed by atoms with E-state index in [1.54, 1.807) is 6.20 Å². The average Bonchev–Trinajstić information content (AvgIpc) is 3.02. The van der Waals surface area contributed by atoms with Crippen molar-refractivity contribution in [3.63, 3.8) is 0 Å². The number of hydrogen-bond donors (Lipinski definition) is 0. The molecule has 1 aromatic carbocycles. The molecule has 3 aromatic heterocycles. The van der Waals surface area contributed by atoms with Gasteiger partial charge in [0.1, 0.15) is 0 Å². The van der Waals surface area contributed by atoms with Crippen LogP contribution in [-0.2, 0) is 0 Å². The standard InChI is InChI=1S/C18H14N4/c1-13-6-5-9-17-20-18(21-22(13)17)16-10-15(11-19-12-16)14-7-3-2-4-8-14/h2-12H,1H3. The van der Waals surface area contributed by atoms with Crippen LogP contribution in [0.5, 0.6) is 0 Å². The van der Waals surface area contributed by atoms with E-state index in [-0.39, 0.29) is 0 Å². The van der Waals surface area contributed by atoms with Crippen LogP contribution in [0.4, 0.5) is 0 Å². The molecule has 3 heterocycles. The molecule has 106 valence electrons. The minimum Gasteiger partial charge on any atom is -0.263 e. The molecule has 0 aliphatic carbocycles. The summed E-state index contributed by atoms with van der Waals surface area (Å²) in [4.78, 5) is 8.93. The van der Waals surface area contributed by atoms with Gasteiger partial charge in [-0.3, -0.25) is 4.98 Å². The van der Waals surface area contributed by atoms with Crippen molar-refractivity contribution in [2.24, 2.45) is 0 Å². The summed E-state index contributed by atoms with van der Waals surface area (Å²) in [6, 6.07) is 18.2. The van der Waals surface area contributed by atoms with Gasteiger partial charge in [0.15, 0.2) is 11.5 Å². The van der Waals surface area contributed by atoms with Crippen molar-refractivity contribution in [1.29, 1.82) is 0 Å². The molecule has 0 atom stereocenters. The zero-order chi connectivity index (χ0) is 14.9. The minimum atomic E-state index is 0.694. The van der Waals surface area contributed by atoms with Crippen molar-refractivity contribution in [3.8, 4) is 22.5 Å². The monoisotopic (exact) mass is 286 g/mol. The van der Waals surface area contributed by atoms with Gasteiger partial charge < -0.3 is 0 Å². The van der Waals surface area contributed by atoms with Crippen LogP contribution in [0.3, 0.4) is 0 Å². The molecular weight excluding hydrogens is 272 g/mol. The van der Waals surface area contributed by atoms with Crippen molar-refractivity contribution in [2.45, 2.75) is 6.92 Å². The molecule has 4 nitrogen and oxygen atoms in total. The molecule has 0 amide bonds. The number of hydrogen-bond acceptors (Lipinski definition) is 3. The van der Waals surface area contributed by atoms with Crippen molar-refractivity contribution >= 4 is 5.65 Å². The molecular formula is C18H14N4. The first-order valence-corrected chi connectivity index (χ1v) is 7.14. The summed E-state index contributed by atoms with van der Waals surface area (Å²) >= 11 is 0. The van der Waals surface area contributed by atoms with Gasteiger partial charge in [-0.2, -0.15) is 0 Å². The largest absolute Gasteiger partial charge is 0.263 e. The first-order valence-electron chi connectivity index (χ1n) is 7.14. The van der Waals surface area contributed by atoms with Crippen LogP contribution in [0.2, 0.25) is 0 Å². The maximum Gasteiger partial charge on any atom is 0.183 e. The fourth-order valence-corrected chi connectivity index (χ4v) is 2.51. The summed E-state index contributed by atoms with van der Waals surface area (Å²) in [5.74, 6) is 0.694. The predicted octanol–water partition coefficient (Wildman–Crippen LogP) is 3.77. The molecule has 0 N–H and O–H groups in total. The van der Waals surface area contributed by atoms with E-state index in [2.05, 4.69) is 33.3 Å². The Morgan fingerprint density at radius 3 is 2.45 bits per heavy atom. The number of rotatable bonds is 2. The lowest BCUT2D eigenvalue weighted by Crippen LogP contribution is -1.92. The third-order valence-corrected chi connectivity index (χ3v) is 3.65. The van der Waals surface area contributed by atoms with E-state index in [0.29, 0.717) is 5.82 Å². The third kappa shape index (κ3) is 2.15. The van der Waals surface area contributed by atoms with Crippen molar-refractivity contribution < 1.29 is 0 Å². The van der Waals surface area contributed by atoms with Gasteiger partial charge in [-0.05, 0) is 30.7 Å². The maximum absolute atomic E-state index is 4.59. The molecule has 0 aliphatic rings. The zero-order valence-electron chi connectivity index (χ0n) is 12.1. The molecule has 4 heteroatoms. The third-order valence-electron chi connectivity index (χ3n) is 3.65. The van der Waals surface area contributed by atoms with E-state index >= 15 is 0 Å². The summed E-state index contributed by atoms with van der Waals surface area (Å²) < 4.78 is 1.85. The lowest BCUT2D eigenvalue weighted by molar-refractivity contribution is 0.918. The van der Waals surface area contributed by atoms with Crippen LogP contribution >= 0.6 is 0 Å². The minimum absolute atomic E-state index is 0.694. The number of nitrogens with zero attached hydrogens (tertiary/aromatic N) is 4. The van der Waals surface area contributed by atoms with Crippen LogP contribution < -0.4 is 0 Å². The summed E-state index contributed by atoms with van der Waals surface area (Å²) in [6.45, 7) is 2.02. The van der Waals surface area contributed by atoms with E-state index in [0.717, 1.165) is 28.0 Å². The summed E-state index contributed by atoms with van der Waals surface area (Å²) in [5.41, 5.74) is 5.03. The summed E-state index contributed by atoms with van der Waals surface area (Å²) in [5, 5.41) is 4.58. The lowest BCUT2D eigenvalue weighted by Gasteiger charge is -2.02. The highest BCUT2D eigenvalue weighted by atomic mass is 15.3. The quantitative estimate of drug-likeness (QED) is 0.563. The van der Waals surface area contributed by atoms with Crippen LogP contribution in [-0.4, -0.2) is 19.6 Å². The second-order valence-corrected chi connectivity index (χ2v) is 5.20. The maximum atomic E-state index is 4.59. The Kier molecular flexibility index (Phi) is 2.93. The highest BCUT2D eigenvalue weighted by Gasteiger charge is 2.09. The number of benzene rings is 1. The topological polar surface area (TPSA) is 43.1 Å². The Hall–Kier alpha value is -3.01. The van der Waals surface area contributed by atoms with Crippen molar-refractivity contribution in [1.82, 2.24) is 19.6 Å². The van der Waals surface area contributed by atoms with Gasteiger partial charge in [0.05, 0.1) is 0 Å². The van der Waals surface area contributed by atoms with Gasteiger partial charge in [-0.15, -0.1) is 5.10 Å². The second kappa shape index (κ2) is 5.07. The smallest absolute Gasteiger partial charge is 0.183 e. The zero-order valence-corrected chi connectivity index (χ0v) is 12.1. The fraction of sp³-hybridized carbons (Fsp3) is 0.0556. The number of aryl methyl sites for hydroxylation is 1. The highest BCUT2D eigenvalue weighted by Crippen LogP contribution is 2.23. The molecule has 0 saturated heterocycles. The van der Waals surface area contributed by atoms with Crippen LogP contribution in [0.15, 0.2) is 67.0 Å². The molecule has 0 bridgehead atoms. The Morgan fingerprint density at radius 1 is 0.818 bits per heavy atom. The molecule has 0 saturated carbocycles. The first kappa shape index (κ1) is 12.7. The Labute approximate surface area is 128 Å². The molecule has 0 aliphatic heterocycles. The van der Waals surface area contributed by atoms with Crippen molar-refractivity contribution in [2.75, 3.05) is 0 Å². The second-order valence-electron chi connectivity index (χ2n) is 5.20. The van der Waals surface area contributed by atoms with E-state index in [9.17, 15) is 0 Å². The van der Waals surface area contributed by atoms with E-state index < -0.39 is 0 Å². The lowest BCUT2D eigenvalue weighted by atomic mass is 10.1. The van der Waals surface area contributed by atoms with E-state index in [1.807, 2.05) is 54.0 Å². The van der Waals surface area contributed by atoms with E-state index in [4.69, 9.17) is 0 Å². The van der Waals surface area contributed by atoms with Gasteiger partial charge in [0, 0.05) is 29.2 Å². The Balaban J connectivity index is 1.83. The summed E-state index contributed by atoms with van der Waals surface area (Å²) in [6.07, 6.45) is 3.66. The van der Waals surface area contributed by atoms with Gasteiger partial charge in [-0.1, -0.05) is 36.4 Å². The van der Waals surface area contributed by atoms with Gasteiger partial charge in [0.25, 0.3) is 0 Å². The van der Waals surface area contributed by atoms with Crippen molar-refractivity contribution in [3.05, 3.63) is 72.7 Å². The summed E-state index contributed by atoms with van der Waals surface area (Å²) in [7, 11) is 0. The van der Waals surface area contributed by atoms with Gasteiger partial charge in [0.2, 0.25) is 0 Å². The van der Waals surface area contributed by atoms with Gasteiger partial charge >= 0.3 is 0 Å². The number of aromatic nitrogens is 4. The molecule has 0 fully saturated rings. The highest BCUT2D eigenvalue weighted by molar-refractivity contribution is 5.69. The van der Waals surface area contributed by atoms with Crippen LogP contribution in [0.1, 0.15) is 5.69 Å². The molecule has 4 aromatic rings. The molecule has 0 spiro atoms. The van der Waals surface area contributed by atoms with Crippen LogP contribution in [0.25, 0.3) is 28.2 Å². The van der Waals surface area contributed by atoms with Gasteiger partial charge in [-0.25, -0.2) is 9.50 Å². The molecule has 4 rings (SSSR count). The number of fused-ring (bicyclic) bond motifs is 1. The SMILES string of the molecule is Cc1cccc2nc(-c3cncc(-c4ccccc4)c3)nn12. The fourth-order valence-electron chi connectivity index (χ4n) is 2.51. The number of pyridine rings is 2. The van der Waals surface area contributed by atoms with E-state index in [1.165, 1.54) is 0 Å². The molecule has 0 radical (unpaired) electrons. The predicted molar refractivity (Wildman–Crippen MR) is 86.4 cm³/mol. The molecule has 22 heavy (non-hydrogen) atoms. The first-order chi connectivity index (χ1) is 10.8. The normalized spacial score (nSPS) is 11.0.